The summed E-state index contributed by atoms with van der Waals surface area (Å²) in [5.74, 6) is 0. The van der Waals surface area contributed by atoms with Gasteiger partial charge in [-0.25, -0.2) is 14.7 Å². The first-order valence-electron chi connectivity index (χ1n) is 7.92. The first-order valence-corrected chi connectivity index (χ1v) is 7.92. The van der Waals surface area contributed by atoms with Crippen LogP contribution in [0.25, 0.3) is 0 Å². The molecule has 26 heavy (non-hydrogen) atoms. The number of carbonyl (C=O) groups excluding carboxylic acids is 1. The van der Waals surface area contributed by atoms with Crippen molar-refractivity contribution < 1.29 is 19.2 Å². The van der Waals surface area contributed by atoms with E-state index >= 15 is 0 Å². The third-order valence-corrected chi connectivity index (χ3v) is 3.70. The normalized spacial score (nSPS) is 16.2. The Hall–Kier alpha value is -3.41. The minimum absolute atomic E-state index is 0.0481. The molecule has 0 aliphatic carbocycles. The molecule has 1 unspecified atom stereocenters. The SMILES string of the molecule is CCC1=CC(c2ccc([N+](=O)[O-])cc2)N(C(=O)OCCC#N)C(OC)=N1. The van der Waals surface area contributed by atoms with Gasteiger partial charge in [-0.15, -0.1) is 0 Å². The summed E-state index contributed by atoms with van der Waals surface area (Å²) in [5.41, 5.74) is 1.31. The van der Waals surface area contributed by atoms with Gasteiger partial charge in [0.25, 0.3) is 5.69 Å². The smallest absolute Gasteiger partial charge is 0.418 e. The maximum atomic E-state index is 12.5. The number of hydrogen-bond donors (Lipinski definition) is 0. The van der Waals surface area contributed by atoms with E-state index in [0.717, 1.165) is 0 Å². The summed E-state index contributed by atoms with van der Waals surface area (Å²) < 4.78 is 10.3. The number of nitro benzene ring substituents is 1. The van der Waals surface area contributed by atoms with Crippen molar-refractivity contribution in [1.82, 2.24) is 4.90 Å². The zero-order chi connectivity index (χ0) is 19.1. The highest BCUT2D eigenvalue weighted by atomic mass is 16.6. The van der Waals surface area contributed by atoms with E-state index in [1.54, 1.807) is 18.2 Å². The van der Waals surface area contributed by atoms with E-state index < -0.39 is 17.1 Å². The summed E-state index contributed by atoms with van der Waals surface area (Å²) in [7, 11) is 1.39. The number of nitriles is 1. The van der Waals surface area contributed by atoms with E-state index in [4.69, 9.17) is 14.7 Å². The Labute approximate surface area is 150 Å². The number of aliphatic imine (C=N–C) groups is 1. The van der Waals surface area contributed by atoms with Crippen molar-refractivity contribution in [3.8, 4) is 6.07 Å². The molecule has 136 valence electrons. The van der Waals surface area contributed by atoms with Crippen molar-refractivity contribution in [2.75, 3.05) is 13.7 Å². The molecule has 0 aromatic heterocycles. The number of non-ortho nitro benzene ring substituents is 1. The molecule has 0 saturated heterocycles. The van der Waals surface area contributed by atoms with Gasteiger partial charge >= 0.3 is 12.1 Å². The summed E-state index contributed by atoms with van der Waals surface area (Å²) in [5, 5.41) is 19.4. The molecule has 1 heterocycles. The van der Waals surface area contributed by atoms with Crippen LogP contribution >= 0.6 is 0 Å². The van der Waals surface area contributed by atoms with Gasteiger partial charge in [0.1, 0.15) is 6.61 Å². The quantitative estimate of drug-likeness (QED) is 0.453. The van der Waals surface area contributed by atoms with Crippen molar-refractivity contribution in [3.63, 3.8) is 0 Å². The van der Waals surface area contributed by atoms with Gasteiger partial charge in [-0.3, -0.25) is 10.1 Å². The highest BCUT2D eigenvalue weighted by Gasteiger charge is 2.34. The molecule has 0 radical (unpaired) electrons. The van der Waals surface area contributed by atoms with Gasteiger partial charge < -0.3 is 9.47 Å². The number of hydrogen-bond acceptors (Lipinski definition) is 7. The molecule has 1 aromatic carbocycles. The van der Waals surface area contributed by atoms with E-state index in [2.05, 4.69) is 4.99 Å². The van der Waals surface area contributed by atoms with Crippen LogP contribution in [0.2, 0.25) is 0 Å². The largest absolute Gasteiger partial charge is 0.468 e. The Morgan fingerprint density at radius 2 is 2.12 bits per heavy atom. The Morgan fingerprint density at radius 3 is 2.65 bits per heavy atom. The number of methoxy groups -OCH3 is 1. The molecule has 0 bridgehead atoms. The maximum absolute atomic E-state index is 12.5. The van der Waals surface area contributed by atoms with Crippen molar-refractivity contribution in [2.24, 2.45) is 4.99 Å². The number of benzene rings is 1. The summed E-state index contributed by atoms with van der Waals surface area (Å²) in [4.78, 5) is 28.3. The van der Waals surface area contributed by atoms with Crippen molar-refractivity contribution in [3.05, 3.63) is 51.7 Å². The van der Waals surface area contributed by atoms with Gasteiger partial charge in [0, 0.05) is 17.8 Å². The molecule has 2 rings (SSSR count). The molecule has 0 spiro atoms. The number of amidine groups is 1. The van der Waals surface area contributed by atoms with Crippen LogP contribution in [0, 0.1) is 21.4 Å². The summed E-state index contributed by atoms with van der Waals surface area (Å²) in [6.45, 7) is 1.86. The fraction of sp³-hybridized carbons (Fsp3) is 0.353. The Morgan fingerprint density at radius 1 is 1.42 bits per heavy atom. The van der Waals surface area contributed by atoms with Crippen LogP contribution in [-0.4, -0.2) is 35.7 Å². The maximum Gasteiger partial charge on any atom is 0.418 e. The molecule has 0 fully saturated rings. The van der Waals surface area contributed by atoms with Crippen molar-refractivity contribution in [1.29, 1.82) is 5.26 Å². The van der Waals surface area contributed by atoms with Crippen molar-refractivity contribution in [2.45, 2.75) is 25.8 Å². The lowest BCUT2D eigenvalue weighted by molar-refractivity contribution is -0.384. The zero-order valence-corrected chi connectivity index (χ0v) is 14.4. The fourth-order valence-electron chi connectivity index (χ4n) is 2.41. The molecule has 1 aliphatic rings. The van der Waals surface area contributed by atoms with E-state index in [0.29, 0.717) is 17.7 Å². The molecule has 1 aromatic rings. The number of nitro groups is 1. The van der Waals surface area contributed by atoms with Gasteiger partial charge in [-0.1, -0.05) is 6.92 Å². The second-order valence-electron chi connectivity index (χ2n) is 5.30. The molecular formula is C17H18N4O5. The van der Waals surface area contributed by atoms with Crippen LogP contribution in [0.3, 0.4) is 0 Å². The molecule has 9 nitrogen and oxygen atoms in total. The molecule has 0 N–H and O–H groups in total. The summed E-state index contributed by atoms with van der Waals surface area (Å²) in [6.07, 6.45) is 1.75. The van der Waals surface area contributed by atoms with Gasteiger partial charge in [0.15, 0.2) is 0 Å². The minimum Gasteiger partial charge on any atom is -0.468 e. The van der Waals surface area contributed by atoms with Gasteiger partial charge in [-0.2, -0.15) is 5.26 Å². The van der Waals surface area contributed by atoms with Gasteiger partial charge in [0.05, 0.1) is 30.6 Å². The summed E-state index contributed by atoms with van der Waals surface area (Å²) in [6, 6.07) is 7.24. The van der Waals surface area contributed by atoms with Crippen LogP contribution in [0.1, 0.15) is 31.4 Å². The van der Waals surface area contributed by atoms with Crippen molar-refractivity contribution >= 4 is 17.8 Å². The van der Waals surface area contributed by atoms with E-state index in [-0.39, 0.29) is 24.7 Å². The van der Waals surface area contributed by atoms with Crippen LogP contribution in [-0.2, 0) is 9.47 Å². The predicted octanol–water partition coefficient (Wildman–Crippen LogP) is 3.30. The fourth-order valence-corrected chi connectivity index (χ4v) is 2.41. The molecule has 1 aliphatic heterocycles. The van der Waals surface area contributed by atoms with Crippen LogP contribution < -0.4 is 0 Å². The number of carbonyl (C=O) groups is 1. The van der Waals surface area contributed by atoms with E-state index in [1.807, 2.05) is 13.0 Å². The van der Waals surface area contributed by atoms with Crippen LogP contribution in [0.5, 0.6) is 0 Å². The lowest BCUT2D eigenvalue weighted by Gasteiger charge is -2.32. The predicted molar refractivity (Wildman–Crippen MR) is 92.1 cm³/mol. The minimum atomic E-state index is -0.712. The number of allylic oxidation sites excluding steroid dienone is 1. The Bertz CT molecular complexity index is 779. The van der Waals surface area contributed by atoms with Gasteiger partial charge in [0.2, 0.25) is 0 Å². The lowest BCUT2D eigenvalue weighted by atomic mass is 10.0. The average Bonchev–Trinajstić information content (AvgIpc) is 2.66. The standard InChI is InChI=1S/C17H18N4O5/c1-3-13-11-15(12-5-7-14(8-6-12)21(23)24)20(16(19-13)25-2)17(22)26-10-4-9-18/h5-8,11,15H,3-4,10H2,1-2H3. The number of amides is 1. The van der Waals surface area contributed by atoms with Gasteiger partial charge in [-0.05, 0) is 30.2 Å². The Balaban J connectivity index is 2.38. The zero-order valence-electron chi connectivity index (χ0n) is 14.4. The highest BCUT2D eigenvalue weighted by Crippen LogP contribution is 2.31. The van der Waals surface area contributed by atoms with Crippen LogP contribution in [0.4, 0.5) is 10.5 Å². The third-order valence-electron chi connectivity index (χ3n) is 3.70. The first kappa shape index (κ1) is 18.9. The van der Waals surface area contributed by atoms with E-state index in [1.165, 1.54) is 24.1 Å². The average molecular weight is 358 g/mol. The highest BCUT2D eigenvalue weighted by molar-refractivity contribution is 5.92. The molecule has 9 heteroatoms. The Kier molecular flexibility index (Phi) is 6.27. The molecule has 0 saturated carbocycles. The summed E-state index contributed by atoms with van der Waals surface area (Å²) >= 11 is 0. The first-order chi connectivity index (χ1) is 12.5. The van der Waals surface area contributed by atoms with E-state index in [9.17, 15) is 14.9 Å². The second kappa shape index (κ2) is 8.62. The molecular weight excluding hydrogens is 340 g/mol. The number of rotatable bonds is 5. The monoisotopic (exact) mass is 358 g/mol. The van der Waals surface area contributed by atoms with Crippen LogP contribution in [0.15, 0.2) is 41.0 Å². The molecule has 1 atom stereocenters. The third kappa shape index (κ3) is 4.16. The topological polar surface area (TPSA) is 118 Å². The molecule has 1 amide bonds. The lowest BCUT2D eigenvalue weighted by Crippen LogP contribution is -2.42. The number of ether oxygens (including phenoxy) is 2. The number of nitrogens with zero attached hydrogens (tertiary/aromatic N) is 4. The second-order valence-corrected chi connectivity index (χ2v) is 5.30.